The molecule has 0 spiro atoms. The van der Waals surface area contributed by atoms with Gasteiger partial charge in [0, 0.05) is 42.4 Å². The Morgan fingerprint density at radius 2 is 1.90 bits per heavy atom. The molecule has 0 fully saturated rings. The van der Waals surface area contributed by atoms with Crippen molar-refractivity contribution in [2.75, 3.05) is 25.0 Å². The maximum absolute atomic E-state index is 13.5. The molecule has 1 N–H and O–H groups in total. The third-order valence-corrected chi connectivity index (χ3v) is 3.64. The fraction of sp³-hybridized carbons (Fsp3) is 0.250. The van der Waals surface area contributed by atoms with Crippen LogP contribution in [0.25, 0.3) is 0 Å². The first-order valence-corrected chi connectivity index (χ1v) is 7.37. The molecule has 20 heavy (non-hydrogen) atoms. The summed E-state index contributed by atoms with van der Waals surface area (Å²) in [4.78, 5) is 2.17. The third kappa shape index (κ3) is 4.32. The number of anilines is 1. The van der Waals surface area contributed by atoms with Crippen molar-refractivity contribution in [1.82, 2.24) is 5.32 Å². The quantitative estimate of drug-likeness (QED) is 0.807. The summed E-state index contributed by atoms with van der Waals surface area (Å²) in [6.45, 7) is 2.21. The van der Waals surface area contributed by atoms with Crippen LogP contribution >= 0.6 is 15.9 Å². The lowest BCUT2D eigenvalue weighted by Gasteiger charge is -2.19. The summed E-state index contributed by atoms with van der Waals surface area (Å²) in [6.07, 6.45) is 0. The summed E-state index contributed by atoms with van der Waals surface area (Å²) in [5.41, 5.74) is 1.87. The first-order chi connectivity index (χ1) is 9.66. The van der Waals surface area contributed by atoms with Gasteiger partial charge >= 0.3 is 0 Å². The molecule has 0 aliphatic heterocycles. The molecule has 0 aliphatic rings. The zero-order valence-electron chi connectivity index (χ0n) is 11.4. The second-order valence-electron chi connectivity index (χ2n) is 4.67. The van der Waals surface area contributed by atoms with E-state index in [0.29, 0.717) is 12.1 Å². The van der Waals surface area contributed by atoms with Gasteiger partial charge in [-0.2, -0.15) is 0 Å². The molecule has 0 unspecified atom stereocenters. The van der Waals surface area contributed by atoms with E-state index in [0.717, 1.165) is 17.6 Å². The molecule has 2 aromatic carbocycles. The van der Waals surface area contributed by atoms with Gasteiger partial charge < -0.3 is 10.2 Å². The van der Waals surface area contributed by atoms with Gasteiger partial charge in [0.25, 0.3) is 0 Å². The highest BCUT2D eigenvalue weighted by Gasteiger charge is 2.03. The number of halogens is 2. The van der Waals surface area contributed by atoms with Gasteiger partial charge in [-0.15, -0.1) is 0 Å². The number of para-hydroxylation sites is 1. The van der Waals surface area contributed by atoms with Gasteiger partial charge in [-0.1, -0.05) is 34.1 Å². The van der Waals surface area contributed by atoms with Crippen LogP contribution < -0.4 is 10.2 Å². The average molecular weight is 337 g/mol. The van der Waals surface area contributed by atoms with Crippen LogP contribution in [0.15, 0.2) is 53.0 Å². The predicted octanol–water partition coefficient (Wildman–Crippen LogP) is 3.81. The molecule has 0 aromatic heterocycles. The largest absolute Gasteiger partial charge is 0.373 e. The first kappa shape index (κ1) is 15.0. The predicted molar refractivity (Wildman–Crippen MR) is 85.5 cm³/mol. The van der Waals surface area contributed by atoms with Crippen molar-refractivity contribution >= 4 is 21.6 Å². The second-order valence-corrected chi connectivity index (χ2v) is 5.59. The molecule has 0 radical (unpaired) electrons. The topological polar surface area (TPSA) is 15.3 Å². The minimum atomic E-state index is -0.169. The standard InChI is InChI=1S/C16H18BrFN2/c1-20(15-5-3-2-4-6-15)10-9-19-12-13-11-14(17)7-8-16(13)18/h2-8,11,19H,9-10,12H2,1H3. The van der Waals surface area contributed by atoms with E-state index in [4.69, 9.17) is 0 Å². The first-order valence-electron chi connectivity index (χ1n) is 6.57. The van der Waals surface area contributed by atoms with E-state index in [1.165, 1.54) is 11.8 Å². The molecular formula is C16H18BrFN2. The molecule has 0 saturated heterocycles. The van der Waals surface area contributed by atoms with Crippen LogP contribution in [0.4, 0.5) is 10.1 Å². The van der Waals surface area contributed by atoms with Crippen LogP contribution in [0.5, 0.6) is 0 Å². The highest BCUT2D eigenvalue weighted by Crippen LogP contribution is 2.15. The number of hydrogen-bond acceptors (Lipinski definition) is 2. The van der Waals surface area contributed by atoms with Crippen molar-refractivity contribution in [2.24, 2.45) is 0 Å². The SMILES string of the molecule is CN(CCNCc1cc(Br)ccc1F)c1ccccc1. The lowest BCUT2D eigenvalue weighted by molar-refractivity contribution is 0.587. The Bertz CT molecular complexity index is 545. The molecule has 2 rings (SSSR count). The summed E-state index contributed by atoms with van der Waals surface area (Å²) in [6, 6.07) is 15.2. The van der Waals surface area contributed by atoms with Crippen LogP contribution in [-0.4, -0.2) is 20.1 Å². The van der Waals surface area contributed by atoms with Crippen molar-refractivity contribution in [2.45, 2.75) is 6.54 Å². The molecule has 0 heterocycles. The summed E-state index contributed by atoms with van der Waals surface area (Å²) < 4.78 is 14.4. The number of nitrogens with one attached hydrogen (secondary N) is 1. The maximum atomic E-state index is 13.5. The Morgan fingerprint density at radius 3 is 2.65 bits per heavy atom. The van der Waals surface area contributed by atoms with E-state index in [9.17, 15) is 4.39 Å². The Kier molecular flexibility index (Phi) is 5.56. The van der Waals surface area contributed by atoms with Gasteiger partial charge in [0.15, 0.2) is 0 Å². The lowest BCUT2D eigenvalue weighted by Crippen LogP contribution is -2.29. The summed E-state index contributed by atoms with van der Waals surface area (Å²) in [7, 11) is 2.05. The normalized spacial score (nSPS) is 10.6. The van der Waals surface area contributed by atoms with Gasteiger partial charge in [-0.3, -0.25) is 0 Å². The molecule has 2 nitrogen and oxygen atoms in total. The number of rotatable bonds is 6. The number of hydrogen-bond donors (Lipinski definition) is 1. The Morgan fingerprint density at radius 1 is 1.15 bits per heavy atom. The molecular weight excluding hydrogens is 319 g/mol. The minimum Gasteiger partial charge on any atom is -0.373 e. The van der Waals surface area contributed by atoms with Crippen LogP contribution in [0, 0.1) is 5.82 Å². The molecule has 0 aliphatic carbocycles. The van der Waals surface area contributed by atoms with Crippen LogP contribution in [0.2, 0.25) is 0 Å². The summed E-state index contributed by atoms with van der Waals surface area (Å²) >= 11 is 3.36. The molecule has 0 amide bonds. The van der Waals surface area contributed by atoms with E-state index in [1.807, 2.05) is 24.3 Å². The fourth-order valence-electron chi connectivity index (χ4n) is 1.96. The second kappa shape index (κ2) is 7.41. The third-order valence-electron chi connectivity index (χ3n) is 3.14. The summed E-state index contributed by atoms with van der Waals surface area (Å²) in [5, 5.41) is 3.27. The number of nitrogens with zero attached hydrogens (tertiary/aromatic N) is 1. The van der Waals surface area contributed by atoms with Gasteiger partial charge in [0.1, 0.15) is 5.82 Å². The van der Waals surface area contributed by atoms with E-state index in [2.05, 4.69) is 45.3 Å². The monoisotopic (exact) mass is 336 g/mol. The van der Waals surface area contributed by atoms with E-state index < -0.39 is 0 Å². The zero-order valence-corrected chi connectivity index (χ0v) is 13.0. The number of likely N-dealkylation sites (N-methyl/N-ethyl adjacent to an activating group) is 1. The van der Waals surface area contributed by atoms with Crippen molar-refractivity contribution in [3.05, 3.63) is 64.4 Å². The van der Waals surface area contributed by atoms with Gasteiger partial charge in [-0.25, -0.2) is 4.39 Å². The Balaban J connectivity index is 1.78. The van der Waals surface area contributed by atoms with Crippen molar-refractivity contribution in [3.63, 3.8) is 0 Å². The van der Waals surface area contributed by atoms with Crippen molar-refractivity contribution < 1.29 is 4.39 Å². The molecule has 0 saturated carbocycles. The van der Waals surface area contributed by atoms with E-state index in [1.54, 1.807) is 6.07 Å². The van der Waals surface area contributed by atoms with Crippen LogP contribution in [-0.2, 0) is 6.54 Å². The highest BCUT2D eigenvalue weighted by molar-refractivity contribution is 9.10. The van der Waals surface area contributed by atoms with Crippen molar-refractivity contribution in [3.8, 4) is 0 Å². The average Bonchev–Trinajstić information content (AvgIpc) is 2.47. The Labute approximate surface area is 127 Å². The zero-order chi connectivity index (χ0) is 14.4. The molecule has 106 valence electrons. The lowest BCUT2D eigenvalue weighted by atomic mass is 10.2. The molecule has 0 bridgehead atoms. The van der Waals surface area contributed by atoms with Gasteiger partial charge in [0.2, 0.25) is 0 Å². The Hall–Kier alpha value is -1.39. The molecule has 0 atom stereocenters. The molecule has 2 aromatic rings. The fourth-order valence-corrected chi connectivity index (χ4v) is 2.37. The highest BCUT2D eigenvalue weighted by atomic mass is 79.9. The van der Waals surface area contributed by atoms with E-state index >= 15 is 0 Å². The minimum absolute atomic E-state index is 0.169. The number of benzene rings is 2. The van der Waals surface area contributed by atoms with Gasteiger partial charge in [0.05, 0.1) is 0 Å². The van der Waals surface area contributed by atoms with Crippen LogP contribution in [0.3, 0.4) is 0 Å². The summed E-state index contributed by atoms with van der Waals surface area (Å²) in [5.74, 6) is -0.169. The molecule has 4 heteroatoms. The van der Waals surface area contributed by atoms with Crippen molar-refractivity contribution in [1.29, 1.82) is 0 Å². The van der Waals surface area contributed by atoms with Crippen LogP contribution in [0.1, 0.15) is 5.56 Å². The van der Waals surface area contributed by atoms with E-state index in [-0.39, 0.29) is 5.82 Å². The maximum Gasteiger partial charge on any atom is 0.127 e. The smallest absolute Gasteiger partial charge is 0.127 e. The van der Waals surface area contributed by atoms with Gasteiger partial charge in [-0.05, 0) is 30.3 Å².